The van der Waals surface area contributed by atoms with Crippen molar-refractivity contribution in [1.29, 1.82) is 0 Å². The second-order valence-corrected chi connectivity index (χ2v) is 3.73. The van der Waals surface area contributed by atoms with Gasteiger partial charge in [-0.2, -0.15) is 0 Å². The molecule has 0 aliphatic carbocycles. The molecule has 0 bridgehead atoms. The van der Waals surface area contributed by atoms with Crippen LogP contribution in [0.2, 0.25) is 0 Å². The van der Waals surface area contributed by atoms with Crippen molar-refractivity contribution in [2.45, 2.75) is 0 Å². The van der Waals surface area contributed by atoms with Gasteiger partial charge in [0.15, 0.2) is 11.3 Å². The Kier molecular flexibility index (Phi) is 1.82. The largest absolute Gasteiger partial charge is 0.454 e. The van der Waals surface area contributed by atoms with Crippen molar-refractivity contribution in [2.75, 3.05) is 5.73 Å². The molecule has 0 radical (unpaired) electrons. The van der Waals surface area contributed by atoms with Crippen molar-refractivity contribution < 1.29 is 9.34 Å². The van der Waals surface area contributed by atoms with Gasteiger partial charge in [0, 0.05) is 16.8 Å². The minimum absolute atomic E-state index is 0.0729. The van der Waals surface area contributed by atoms with E-state index in [-0.39, 0.29) is 11.4 Å². The first-order valence-electron chi connectivity index (χ1n) is 5.02. The number of nitro groups is 1. The number of anilines is 1. The number of hydrogen-bond acceptors (Lipinski definition) is 4. The van der Waals surface area contributed by atoms with Crippen LogP contribution in [-0.4, -0.2) is 4.92 Å². The monoisotopic (exact) mass is 228 g/mol. The van der Waals surface area contributed by atoms with E-state index in [9.17, 15) is 10.1 Å². The molecule has 0 aliphatic heterocycles. The lowest BCUT2D eigenvalue weighted by atomic mass is 10.1. The average Bonchev–Trinajstić information content (AvgIpc) is 2.69. The van der Waals surface area contributed by atoms with Gasteiger partial charge in [-0.1, -0.05) is 18.2 Å². The number of nitrogens with two attached hydrogens (primary N) is 1. The Morgan fingerprint density at radius 3 is 2.65 bits per heavy atom. The highest BCUT2D eigenvalue weighted by atomic mass is 16.6. The van der Waals surface area contributed by atoms with E-state index in [0.717, 1.165) is 10.8 Å². The third-order valence-corrected chi connectivity index (χ3v) is 2.76. The van der Waals surface area contributed by atoms with E-state index in [4.69, 9.17) is 10.2 Å². The first-order valence-corrected chi connectivity index (χ1v) is 5.02. The predicted octanol–water partition coefficient (Wildman–Crippen LogP) is 3.08. The van der Waals surface area contributed by atoms with E-state index in [1.807, 2.05) is 18.2 Å². The maximum absolute atomic E-state index is 10.8. The van der Waals surface area contributed by atoms with Crippen LogP contribution in [0.3, 0.4) is 0 Å². The van der Waals surface area contributed by atoms with Crippen molar-refractivity contribution in [3.05, 3.63) is 46.5 Å². The van der Waals surface area contributed by atoms with Crippen molar-refractivity contribution in [3.8, 4) is 0 Å². The number of hydrogen-bond donors (Lipinski definition) is 1. The Bertz CT molecular complexity index is 746. The van der Waals surface area contributed by atoms with Gasteiger partial charge in [0.05, 0.1) is 4.92 Å². The van der Waals surface area contributed by atoms with Gasteiger partial charge in [-0.25, -0.2) is 0 Å². The lowest BCUT2D eigenvalue weighted by molar-refractivity contribution is -0.383. The van der Waals surface area contributed by atoms with Crippen LogP contribution < -0.4 is 5.73 Å². The maximum Gasteiger partial charge on any atom is 0.296 e. The molecule has 1 heterocycles. The first-order chi connectivity index (χ1) is 8.18. The van der Waals surface area contributed by atoms with Gasteiger partial charge in [0.25, 0.3) is 5.69 Å². The molecule has 0 aliphatic rings. The molecule has 2 N–H and O–H groups in total. The minimum Gasteiger partial charge on any atom is -0.454 e. The third-order valence-electron chi connectivity index (χ3n) is 2.76. The molecule has 2 aromatic carbocycles. The number of para-hydroxylation sites is 1. The molecule has 5 nitrogen and oxygen atoms in total. The van der Waals surface area contributed by atoms with Gasteiger partial charge in [-0.15, -0.1) is 0 Å². The Labute approximate surface area is 95.6 Å². The summed E-state index contributed by atoms with van der Waals surface area (Å²) in [5.74, 6) is 0. The van der Waals surface area contributed by atoms with Gasteiger partial charge in [-0.3, -0.25) is 10.1 Å². The van der Waals surface area contributed by atoms with Crippen LogP contribution in [0.5, 0.6) is 0 Å². The Morgan fingerprint density at radius 1 is 1.12 bits per heavy atom. The van der Waals surface area contributed by atoms with Crippen LogP contribution in [0, 0.1) is 10.1 Å². The van der Waals surface area contributed by atoms with Crippen molar-refractivity contribution in [2.24, 2.45) is 0 Å². The second-order valence-electron chi connectivity index (χ2n) is 3.73. The lowest BCUT2D eigenvalue weighted by Crippen LogP contribution is -1.95. The summed E-state index contributed by atoms with van der Waals surface area (Å²) in [4.78, 5) is 10.3. The van der Waals surface area contributed by atoms with Crippen LogP contribution in [-0.2, 0) is 0 Å². The van der Waals surface area contributed by atoms with Crippen LogP contribution in [0.1, 0.15) is 0 Å². The number of nitrogen functional groups attached to an aromatic ring is 1. The summed E-state index contributed by atoms with van der Waals surface area (Å²) in [6.07, 6.45) is 0. The highest BCUT2D eigenvalue weighted by Crippen LogP contribution is 2.36. The van der Waals surface area contributed by atoms with Crippen LogP contribution in [0.25, 0.3) is 21.9 Å². The molecular formula is C12H8N2O3. The molecule has 0 unspecified atom stereocenters. The first kappa shape index (κ1) is 9.65. The molecule has 0 spiro atoms. The molecule has 5 heteroatoms. The topological polar surface area (TPSA) is 82.3 Å². The zero-order valence-electron chi connectivity index (χ0n) is 8.71. The SMILES string of the molecule is Nc1c([N+](=O)[O-])ccc2c1oc1ccccc12. The van der Waals surface area contributed by atoms with Gasteiger partial charge in [0.1, 0.15) is 5.58 Å². The van der Waals surface area contributed by atoms with Gasteiger partial charge in [0.2, 0.25) is 0 Å². The van der Waals surface area contributed by atoms with E-state index in [1.165, 1.54) is 6.07 Å². The minimum atomic E-state index is -0.512. The number of fused-ring (bicyclic) bond motifs is 3. The van der Waals surface area contributed by atoms with Crippen molar-refractivity contribution >= 4 is 33.3 Å². The summed E-state index contributed by atoms with van der Waals surface area (Å²) >= 11 is 0. The summed E-state index contributed by atoms with van der Waals surface area (Å²) in [6.45, 7) is 0. The molecule has 0 fully saturated rings. The van der Waals surface area contributed by atoms with Crippen LogP contribution in [0.4, 0.5) is 11.4 Å². The van der Waals surface area contributed by atoms with E-state index in [1.54, 1.807) is 12.1 Å². The molecule has 1 aromatic heterocycles. The molecule has 17 heavy (non-hydrogen) atoms. The molecule has 3 aromatic rings. The normalized spacial score (nSPS) is 11.1. The van der Waals surface area contributed by atoms with Gasteiger partial charge >= 0.3 is 0 Å². The quantitative estimate of drug-likeness (QED) is 0.394. The Balaban J connectivity index is 2.48. The number of rotatable bonds is 1. The van der Waals surface area contributed by atoms with Crippen molar-refractivity contribution in [3.63, 3.8) is 0 Å². The molecule has 0 atom stereocenters. The fraction of sp³-hybridized carbons (Fsp3) is 0. The summed E-state index contributed by atoms with van der Waals surface area (Å²) < 4.78 is 5.54. The van der Waals surface area contributed by atoms with Crippen molar-refractivity contribution in [1.82, 2.24) is 0 Å². The molecule has 3 rings (SSSR count). The second kappa shape index (κ2) is 3.21. The third kappa shape index (κ3) is 1.25. The van der Waals surface area contributed by atoms with Gasteiger partial charge in [-0.05, 0) is 12.1 Å². The number of nitro benzene ring substituents is 1. The number of nitrogens with zero attached hydrogens (tertiary/aromatic N) is 1. The fourth-order valence-electron chi connectivity index (χ4n) is 1.96. The van der Waals surface area contributed by atoms with E-state index in [0.29, 0.717) is 11.2 Å². The summed E-state index contributed by atoms with van der Waals surface area (Å²) in [6, 6.07) is 10.5. The van der Waals surface area contributed by atoms with E-state index < -0.39 is 4.92 Å². The summed E-state index contributed by atoms with van der Waals surface area (Å²) in [5, 5.41) is 12.5. The smallest absolute Gasteiger partial charge is 0.296 e. The number of furan rings is 1. The van der Waals surface area contributed by atoms with E-state index >= 15 is 0 Å². The molecular weight excluding hydrogens is 220 g/mol. The predicted molar refractivity (Wildman–Crippen MR) is 64.8 cm³/mol. The zero-order valence-corrected chi connectivity index (χ0v) is 8.71. The molecule has 0 amide bonds. The maximum atomic E-state index is 10.8. The molecule has 0 saturated heterocycles. The zero-order chi connectivity index (χ0) is 12.0. The Morgan fingerprint density at radius 2 is 1.88 bits per heavy atom. The fourth-order valence-corrected chi connectivity index (χ4v) is 1.96. The van der Waals surface area contributed by atoms with Crippen LogP contribution >= 0.6 is 0 Å². The van der Waals surface area contributed by atoms with Crippen LogP contribution in [0.15, 0.2) is 40.8 Å². The molecule has 84 valence electrons. The number of benzene rings is 2. The summed E-state index contributed by atoms with van der Waals surface area (Å²) in [5.41, 5.74) is 6.74. The van der Waals surface area contributed by atoms with E-state index in [2.05, 4.69) is 0 Å². The highest BCUT2D eigenvalue weighted by Gasteiger charge is 2.18. The lowest BCUT2D eigenvalue weighted by Gasteiger charge is -1.96. The Hall–Kier alpha value is -2.56. The highest BCUT2D eigenvalue weighted by molar-refractivity contribution is 6.09. The molecule has 0 saturated carbocycles. The standard InChI is InChI=1S/C12H8N2O3/c13-11-9(14(15)16)6-5-8-7-3-1-2-4-10(7)17-12(8)11/h1-6H,13H2. The summed E-state index contributed by atoms with van der Waals surface area (Å²) in [7, 11) is 0. The van der Waals surface area contributed by atoms with Gasteiger partial charge < -0.3 is 10.2 Å². The average molecular weight is 228 g/mol.